The van der Waals surface area contributed by atoms with Gasteiger partial charge in [-0.2, -0.15) is 5.10 Å². The van der Waals surface area contributed by atoms with E-state index in [-0.39, 0.29) is 23.9 Å². The summed E-state index contributed by atoms with van der Waals surface area (Å²) in [6.07, 6.45) is 2.13. The summed E-state index contributed by atoms with van der Waals surface area (Å²) in [6, 6.07) is 4.59. The van der Waals surface area contributed by atoms with Crippen molar-refractivity contribution < 1.29 is 18.4 Å². The lowest BCUT2D eigenvalue weighted by Gasteiger charge is -2.44. The van der Waals surface area contributed by atoms with E-state index in [1.54, 1.807) is 22.6 Å². The Morgan fingerprint density at radius 2 is 1.87 bits per heavy atom. The molecule has 9 heteroatoms. The molecule has 0 fully saturated rings. The molecule has 0 bridgehead atoms. The summed E-state index contributed by atoms with van der Waals surface area (Å²) in [5, 5.41) is 7.41. The standard InChI is InChI=1S/C29H35F2N5O2/c1-8-16-10-9-11-17-21-23(31)28(6,33-26(32)38)13-19(30)29(21,7)25-18-14-35(20(37)12-15(2)3)27(4,5)24(18)34-36(25)22(16)17/h9-11,13,15H,8,12,14H2,1-7H3,(H3,32,33,38). The molecular weight excluding hydrogens is 488 g/mol. The summed E-state index contributed by atoms with van der Waals surface area (Å²) in [5.74, 6) is -1.12. The summed E-state index contributed by atoms with van der Waals surface area (Å²) in [4.78, 5) is 26.8. The van der Waals surface area contributed by atoms with Gasteiger partial charge in [0.05, 0.1) is 34.6 Å². The number of aryl methyl sites for hydroxylation is 1. The number of amides is 3. The number of primary amides is 1. The highest BCUT2D eigenvalue weighted by Gasteiger charge is 2.57. The SMILES string of the molecule is CCc1cccc2c1-n1nc3c(c1C1(C)C(F)=CC(C)(NC(N)=O)C(F)=C21)CN(C(=O)CC(C)C)C3(C)C. The summed E-state index contributed by atoms with van der Waals surface area (Å²) in [7, 11) is 0. The highest BCUT2D eigenvalue weighted by Crippen LogP contribution is 2.59. The molecule has 2 aromatic rings. The highest BCUT2D eigenvalue weighted by molar-refractivity contribution is 5.91. The van der Waals surface area contributed by atoms with Gasteiger partial charge in [-0.25, -0.2) is 18.3 Å². The Morgan fingerprint density at radius 3 is 2.47 bits per heavy atom. The molecule has 0 radical (unpaired) electrons. The van der Waals surface area contributed by atoms with Crippen molar-refractivity contribution in [2.45, 2.75) is 84.3 Å². The van der Waals surface area contributed by atoms with Crippen molar-refractivity contribution in [3.63, 3.8) is 0 Å². The molecule has 1 aromatic carbocycles. The molecule has 2 aliphatic heterocycles. The van der Waals surface area contributed by atoms with Crippen LogP contribution in [0.1, 0.15) is 83.0 Å². The number of hydrogen-bond donors (Lipinski definition) is 2. The van der Waals surface area contributed by atoms with Gasteiger partial charge >= 0.3 is 6.03 Å². The number of carbonyl (C=O) groups is 2. The number of nitrogens with two attached hydrogens (primary N) is 1. The third kappa shape index (κ3) is 3.33. The molecule has 2 atom stereocenters. The van der Waals surface area contributed by atoms with Crippen LogP contribution in [0.25, 0.3) is 11.3 Å². The molecule has 38 heavy (non-hydrogen) atoms. The zero-order valence-corrected chi connectivity index (χ0v) is 23.0. The molecule has 3 N–H and O–H groups in total. The second-order valence-electron chi connectivity index (χ2n) is 11.9. The topological polar surface area (TPSA) is 93.2 Å². The van der Waals surface area contributed by atoms with Crippen LogP contribution in [0.5, 0.6) is 0 Å². The van der Waals surface area contributed by atoms with Crippen molar-refractivity contribution >= 4 is 17.5 Å². The van der Waals surface area contributed by atoms with Crippen LogP contribution in [0.2, 0.25) is 0 Å². The van der Waals surface area contributed by atoms with Gasteiger partial charge in [-0.15, -0.1) is 0 Å². The van der Waals surface area contributed by atoms with E-state index in [2.05, 4.69) is 5.32 Å². The molecular formula is C29H35F2N5O2. The van der Waals surface area contributed by atoms with Crippen LogP contribution >= 0.6 is 0 Å². The Hall–Kier alpha value is -3.49. The minimum absolute atomic E-state index is 0.00259. The van der Waals surface area contributed by atoms with Gasteiger partial charge in [0.1, 0.15) is 17.2 Å². The van der Waals surface area contributed by atoms with Crippen molar-refractivity contribution in [3.05, 3.63) is 64.0 Å². The van der Waals surface area contributed by atoms with Crippen molar-refractivity contribution in [1.82, 2.24) is 20.0 Å². The zero-order chi connectivity index (χ0) is 27.9. The van der Waals surface area contributed by atoms with Gasteiger partial charge in [0, 0.05) is 23.1 Å². The number of fused-ring (bicyclic) bond motifs is 8. The Labute approximate surface area is 221 Å². The van der Waals surface area contributed by atoms with Crippen LogP contribution < -0.4 is 11.1 Å². The summed E-state index contributed by atoms with van der Waals surface area (Å²) < 4.78 is 34.9. The van der Waals surface area contributed by atoms with Gasteiger partial charge in [0.2, 0.25) is 5.91 Å². The second kappa shape index (κ2) is 8.25. The molecule has 3 aliphatic rings. The Balaban J connectivity index is 1.83. The lowest BCUT2D eigenvalue weighted by Crippen LogP contribution is -2.52. The van der Waals surface area contributed by atoms with Gasteiger partial charge in [-0.3, -0.25) is 4.79 Å². The first-order valence-electron chi connectivity index (χ1n) is 13.1. The molecule has 1 aromatic heterocycles. The minimum Gasteiger partial charge on any atom is -0.352 e. The van der Waals surface area contributed by atoms with Crippen LogP contribution in [0.15, 0.2) is 35.9 Å². The van der Waals surface area contributed by atoms with Crippen molar-refractivity contribution in [2.24, 2.45) is 11.7 Å². The Morgan fingerprint density at radius 1 is 1.18 bits per heavy atom. The fourth-order valence-corrected chi connectivity index (χ4v) is 6.46. The van der Waals surface area contributed by atoms with E-state index < -0.39 is 34.2 Å². The monoisotopic (exact) mass is 523 g/mol. The van der Waals surface area contributed by atoms with Gasteiger partial charge in [-0.1, -0.05) is 39.0 Å². The van der Waals surface area contributed by atoms with Crippen molar-refractivity contribution in [3.8, 4) is 5.69 Å². The van der Waals surface area contributed by atoms with Crippen LogP contribution in [0, 0.1) is 5.92 Å². The number of hydrogen-bond acceptors (Lipinski definition) is 3. The lowest BCUT2D eigenvalue weighted by atomic mass is 9.65. The lowest BCUT2D eigenvalue weighted by molar-refractivity contribution is -0.137. The smallest absolute Gasteiger partial charge is 0.313 e. The number of urea groups is 1. The number of aromatic nitrogens is 2. The van der Waals surface area contributed by atoms with E-state index in [0.29, 0.717) is 35.5 Å². The third-order valence-electron chi connectivity index (χ3n) is 8.34. The van der Waals surface area contributed by atoms with Crippen LogP contribution in [-0.4, -0.2) is 32.2 Å². The van der Waals surface area contributed by atoms with E-state index in [1.807, 2.05) is 46.8 Å². The van der Waals surface area contributed by atoms with Crippen LogP contribution in [-0.2, 0) is 28.7 Å². The van der Waals surface area contributed by atoms with Crippen LogP contribution in [0.3, 0.4) is 0 Å². The quantitative estimate of drug-likeness (QED) is 0.569. The van der Waals surface area contributed by atoms with Gasteiger partial charge in [-0.05, 0) is 51.7 Å². The number of halogens is 2. The summed E-state index contributed by atoms with van der Waals surface area (Å²) in [6.45, 7) is 13.2. The maximum absolute atomic E-state index is 16.6. The number of allylic oxidation sites excluding steroid dienone is 2. The number of carbonyl (C=O) groups excluding carboxylic acids is 2. The molecule has 1 aliphatic carbocycles. The number of para-hydroxylation sites is 1. The fraction of sp³-hybridized carbons (Fsp3) is 0.483. The largest absolute Gasteiger partial charge is 0.352 e. The first kappa shape index (κ1) is 26.1. The number of nitrogens with one attached hydrogen (secondary N) is 1. The Kier molecular flexibility index (Phi) is 5.67. The molecule has 3 heterocycles. The molecule has 0 saturated carbocycles. The van der Waals surface area contributed by atoms with E-state index in [9.17, 15) is 9.59 Å². The first-order chi connectivity index (χ1) is 17.7. The molecule has 2 unspecified atom stereocenters. The van der Waals surface area contributed by atoms with Crippen molar-refractivity contribution in [2.75, 3.05) is 0 Å². The fourth-order valence-electron chi connectivity index (χ4n) is 6.46. The normalized spacial score (nSPS) is 25.0. The molecule has 202 valence electrons. The maximum atomic E-state index is 16.6. The second-order valence-corrected chi connectivity index (χ2v) is 11.9. The molecule has 0 saturated heterocycles. The van der Waals surface area contributed by atoms with Crippen LogP contribution in [0.4, 0.5) is 13.6 Å². The van der Waals surface area contributed by atoms with Gasteiger partial charge in [0.25, 0.3) is 0 Å². The third-order valence-corrected chi connectivity index (χ3v) is 8.34. The number of nitrogens with zero attached hydrogens (tertiary/aromatic N) is 3. The average Bonchev–Trinajstić information content (AvgIpc) is 3.31. The zero-order valence-electron chi connectivity index (χ0n) is 23.0. The number of rotatable bonds is 4. The summed E-state index contributed by atoms with van der Waals surface area (Å²) >= 11 is 0. The Bertz CT molecular complexity index is 1450. The van der Waals surface area contributed by atoms with E-state index in [0.717, 1.165) is 17.2 Å². The summed E-state index contributed by atoms with van der Waals surface area (Å²) in [5.41, 5.74) is 5.53. The van der Waals surface area contributed by atoms with E-state index in [4.69, 9.17) is 10.8 Å². The maximum Gasteiger partial charge on any atom is 0.313 e. The predicted octanol–water partition coefficient (Wildman–Crippen LogP) is 5.30. The van der Waals surface area contributed by atoms with E-state index >= 15 is 8.78 Å². The van der Waals surface area contributed by atoms with E-state index in [1.165, 1.54) is 6.92 Å². The van der Waals surface area contributed by atoms with Gasteiger partial charge < -0.3 is 16.0 Å². The first-order valence-corrected chi connectivity index (χ1v) is 13.1. The van der Waals surface area contributed by atoms with Gasteiger partial charge in [0.15, 0.2) is 0 Å². The minimum atomic E-state index is -1.76. The molecule has 5 rings (SSSR count). The molecule has 3 amide bonds. The van der Waals surface area contributed by atoms with Crippen molar-refractivity contribution in [1.29, 1.82) is 0 Å². The highest BCUT2D eigenvalue weighted by atomic mass is 19.1. The molecule has 0 spiro atoms. The molecule has 7 nitrogen and oxygen atoms in total. The average molecular weight is 524 g/mol. The predicted molar refractivity (Wildman–Crippen MR) is 142 cm³/mol. The number of benzene rings is 1.